The fraction of sp³-hybridized carbons (Fsp3) is 0.818. The Morgan fingerprint density at radius 1 is 1.62 bits per heavy atom. The minimum Gasteiger partial charge on any atom is -0.376 e. The molecule has 0 aromatic rings. The second-order valence-corrected chi connectivity index (χ2v) is 4.18. The van der Waals surface area contributed by atoms with Gasteiger partial charge in [-0.05, 0) is 13.8 Å². The molecule has 1 saturated heterocycles. The molecule has 0 aliphatic carbocycles. The SMILES string of the molecule is CC1CN(CC(=O)NCCC#N)C(C)CO1. The standard InChI is InChI=1S/C11H19N3O2/c1-9-8-16-10(2)6-14(9)7-11(15)13-5-3-4-12/h9-10H,3,5-8H2,1-2H3,(H,13,15). The van der Waals surface area contributed by atoms with Gasteiger partial charge < -0.3 is 10.1 Å². The number of hydrogen-bond donors (Lipinski definition) is 1. The van der Waals surface area contributed by atoms with Crippen molar-refractivity contribution in [3.05, 3.63) is 0 Å². The fourth-order valence-corrected chi connectivity index (χ4v) is 1.69. The molecule has 0 bridgehead atoms. The number of carbonyl (C=O) groups is 1. The minimum absolute atomic E-state index is 0.0174. The molecule has 1 amide bonds. The Bertz CT molecular complexity index is 275. The quantitative estimate of drug-likeness (QED) is 0.690. The molecule has 0 spiro atoms. The number of nitriles is 1. The maximum Gasteiger partial charge on any atom is 0.234 e. The average Bonchev–Trinajstić information content (AvgIpc) is 2.24. The van der Waals surface area contributed by atoms with Crippen LogP contribution in [0.4, 0.5) is 0 Å². The molecule has 16 heavy (non-hydrogen) atoms. The maximum atomic E-state index is 11.5. The maximum absolute atomic E-state index is 11.5. The van der Waals surface area contributed by atoms with E-state index in [2.05, 4.69) is 17.1 Å². The van der Waals surface area contributed by atoms with Gasteiger partial charge in [-0.1, -0.05) is 0 Å². The molecule has 5 heteroatoms. The van der Waals surface area contributed by atoms with Crippen molar-refractivity contribution in [2.24, 2.45) is 0 Å². The highest BCUT2D eigenvalue weighted by atomic mass is 16.5. The summed E-state index contributed by atoms with van der Waals surface area (Å²) in [5.74, 6) is -0.0174. The average molecular weight is 225 g/mol. The number of nitrogens with zero attached hydrogens (tertiary/aromatic N) is 2. The molecular weight excluding hydrogens is 206 g/mol. The Labute approximate surface area is 96.4 Å². The van der Waals surface area contributed by atoms with Crippen molar-refractivity contribution in [2.75, 3.05) is 26.2 Å². The van der Waals surface area contributed by atoms with Gasteiger partial charge in [0.05, 0.1) is 31.7 Å². The Kier molecular flexibility index (Phi) is 5.23. The van der Waals surface area contributed by atoms with E-state index in [0.29, 0.717) is 26.1 Å². The number of morpholine rings is 1. The lowest BCUT2D eigenvalue weighted by atomic mass is 10.2. The molecule has 1 heterocycles. The molecule has 0 aromatic heterocycles. The van der Waals surface area contributed by atoms with Gasteiger partial charge in [0.15, 0.2) is 0 Å². The van der Waals surface area contributed by atoms with Gasteiger partial charge in [0.2, 0.25) is 5.91 Å². The van der Waals surface area contributed by atoms with E-state index < -0.39 is 0 Å². The molecule has 1 aliphatic rings. The Hall–Kier alpha value is -1.12. The lowest BCUT2D eigenvalue weighted by molar-refractivity contribution is -0.125. The number of amides is 1. The second-order valence-electron chi connectivity index (χ2n) is 4.18. The van der Waals surface area contributed by atoms with Crippen molar-refractivity contribution in [1.82, 2.24) is 10.2 Å². The van der Waals surface area contributed by atoms with Crippen molar-refractivity contribution in [3.63, 3.8) is 0 Å². The van der Waals surface area contributed by atoms with Crippen LogP contribution in [0.3, 0.4) is 0 Å². The molecule has 2 unspecified atom stereocenters. The third-order valence-corrected chi connectivity index (χ3v) is 2.64. The van der Waals surface area contributed by atoms with Crippen LogP contribution in [0.15, 0.2) is 0 Å². The zero-order valence-electron chi connectivity index (χ0n) is 9.90. The lowest BCUT2D eigenvalue weighted by Crippen LogP contribution is -2.51. The predicted octanol–water partition coefficient (Wildman–Crippen LogP) is 0.125. The highest BCUT2D eigenvalue weighted by molar-refractivity contribution is 5.78. The van der Waals surface area contributed by atoms with E-state index in [1.807, 2.05) is 13.0 Å². The summed E-state index contributed by atoms with van der Waals surface area (Å²) >= 11 is 0. The third kappa shape index (κ3) is 4.17. The normalized spacial score (nSPS) is 26.1. The number of rotatable bonds is 4. The van der Waals surface area contributed by atoms with Crippen LogP contribution in [0, 0.1) is 11.3 Å². The van der Waals surface area contributed by atoms with Gasteiger partial charge in [0.1, 0.15) is 0 Å². The van der Waals surface area contributed by atoms with Crippen LogP contribution in [-0.2, 0) is 9.53 Å². The minimum atomic E-state index is -0.0174. The highest BCUT2D eigenvalue weighted by Crippen LogP contribution is 2.10. The van der Waals surface area contributed by atoms with Gasteiger partial charge in [-0.25, -0.2) is 0 Å². The van der Waals surface area contributed by atoms with Crippen molar-refractivity contribution >= 4 is 5.91 Å². The van der Waals surface area contributed by atoms with E-state index in [-0.39, 0.29) is 18.1 Å². The third-order valence-electron chi connectivity index (χ3n) is 2.64. The second kappa shape index (κ2) is 6.46. The van der Waals surface area contributed by atoms with Crippen molar-refractivity contribution in [1.29, 1.82) is 5.26 Å². The van der Waals surface area contributed by atoms with Crippen LogP contribution in [0.5, 0.6) is 0 Å². The first-order valence-electron chi connectivity index (χ1n) is 5.62. The lowest BCUT2D eigenvalue weighted by Gasteiger charge is -2.36. The number of nitrogens with one attached hydrogen (secondary N) is 1. The van der Waals surface area contributed by atoms with E-state index >= 15 is 0 Å². The van der Waals surface area contributed by atoms with Crippen LogP contribution < -0.4 is 5.32 Å². The molecule has 0 saturated carbocycles. The molecule has 1 aliphatic heterocycles. The van der Waals surface area contributed by atoms with Gasteiger partial charge in [-0.2, -0.15) is 5.26 Å². The van der Waals surface area contributed by atoms with Gasteiger partial charge in [0.25, 0.3) is 0 Å². The van der Waals surface area contributed by atoms with Crippen LogP contribution >= 0.6 is 0 Å². The van der Waals surface area contributed by atoms with E-state index in [1.54, 1.807) is 0 Å². The molecule has 1 rings (SSSR count). The van der Waals surface area contributed by atoms with E-state index in [0.717, 1.165) is 6.54 Å². The van der Waals surface area contributed by atoms with Crippen molar-refractivity contribution < 1.29 is 9.53 Å². The summed E-state index contributed by atoms with van der Waals surface area (Å²) in [5, 5.41) is 11.1. The Balaban J connectivity index is 2.29. The monoisotopic (exact) mass is 225 g/mol. The number of hydrogen-bond acceptors (Lipinski definition) is 4. The van der Waals surface area contributed by atoms with Gasteiger partial charge in [-0.15, -0.1) is 0 Å². The smallest absolute Gasteiger partial charge is 0.234 e. The zero-order valence-corrected chi connectivity index (χ0v) is 9.90. The first kappa shape index (κ1) is 12.9. The molecular formula is C11H19N3O2. The van der Waals surface area contributed by atoms with Gasteiger partial charge in [0, 0.05) is 19.1 Å². The molecule has 2 atom stereocenters. The van der Waals surface area contributed by atoms with E-state index in [9.17, 15) is 4.79 Å². The summed E-state index contributed by atoms with van der Waals surface area (Å²) in [5.41, 5.74) is 0. The molecule has 1 N–H and O–H groups in total. The van der Waals surface area contributed by atoms with Crippen LogP contribution in [0.2, 0.25) is 0 Å². The summed E-state index contributed by atoms with van der Waals surface area (Å²) in [6, 6.07) is 2.27. The van der Waals surface area contributed by atoms with Gasteiger partial charge in [-0.3, -0.25) is 9.69 Å². The first-order chi connectivity index (χ1) is 7.63. The largest absolute Gasteiger partial charge is 0.376 e. The molecule has 0 aromatic carbocycles. The molecule has 1 fully saturated rings. The summed E-state index contributed by atoms with van der Waals surface area (Å²) in [4.78, 5) is 13.6. The van der Waals surface area contributed by atoms with Crippen LogP contribution in [0.25, 0.3) is 0 Å². The van der Waals surface area contributed by atoms with E-state index in [1.165, 1.54) is 0 Å². The van der Waals surface area contributed by atoms with Crippen molar-refractivity contribution in [2.45, 2.75) is 32.4 Å². The molecule has 90 valence electrons. The van der Waals surface area contributed by atoms with E-state index in [4.69, 9.17) is 10.00 Å². The topological polar surface area (TPSA) is 65.4 Å². The Morgan fingerprint density at radius 2 is 2.38 bits per heavy atom. The number of ether oxygens (including phenoxy) is 1. The van der Waals surface area contributed by atoms with Crippen LogP contribution in [0.1, 0.15) is 20.3 Å². The summed E-state index contributed by atoms with van der Waals surface area (Å²) in [6.07, 6.45) is 0.545. The summed E-state index contributed by atoms with van der Waals surface area (Å²) in [6.45, 7) is 6.34. The predicted molar refractivity (Wildman–Crippen MR) is 59.7 cm³/mol. The number of carbonyl (C=O) groups excluding carboxylic acids is 1. The van der Waals surface area contributed by atoms with Crippen LogP contribution in [-0.4, -0.2) is 49.2 Å². The van der Waals surface area contributed by atoms with Crippen molar-refractivity contribution in [3.8, 4) is 6.07 Å². The Morgan fingerprint density at radius 3 is 3.06 bits per heavy atom. The summed E-state index contributed by atoms with van der Waals surface area (Å²) in [7, 11) is 0. The van der Waals surface area contributed by atoms with Gasteiger partial charge >= 0.3 is 0 Å². The highest BCUT2D eigenvalue weighted by Gasteiger charge is 2.24. The first-order valence-corrected chi connectivity index (χ1v) is 5.62. The molecule has 5 nitrogen and oxygen atoms in total. The molecule has 0 radical (unpaired) electrons. The zero-order chi connectivity index (χ0) is 12.0. The summed E-state index contributed by atoms with van der Waals surface area (Å²) < 4.78 is 5.48. The fourth-order valence-electron chi connectivity index (χ4n) is 1.69.